The van der Waals surface area contributed by atoms with Gasteiger partial charge in [0.2, 0.25) is 0 Å². The molecule has 0 unspecified atom stereocenters. The van der Waals surface area contributed by atoms with Crippen LogP contribution in [0.4, 0.5) is 0 Å². The zero-order valence-electron chi connectivity index (χ0n) is 12.1. The maximum Gasteiger partial charge on any atom is 0.165 e. The van der Waals surface area contributed by atoms with Gasteiger partial charge in [0.05, 0.1) is 13.2 Å². The molecule has 0 aliphatic heterocycles. The van der Waals surface area contributed by atoms with Crippen LogP contribution in [0.5, 0.6) is 11.5 Å². The zero-order chi connectivity index (χ0) is 13.9. The number of hydrogen-bond acceptors (Lipinski definition) is 3. The molecule has 0 fully saturated rings. The number of hydrogen-bond donors (Lipinski definition) is 1. The first-order valence-corrected chi connectivity index (χ1v) is 7.02. The average molecular weight is 263 g/mol. The molecule has 0 spiro atoms. The van der Waals surface area contributed by atoms with E-state index in [1.807, 2.05) is 25.1 Å². The van der Waals surface area contributed by atoms with Crippen molar-refractivity contribution in [3.8, 4) is 11.5 Å². The largest absolute Gasteiger partial charge is 0.490 e. The molecule has 0 atom stereocenters. The Labute approximate surface area is 116 Å². The maximum atomic E-state index is 5.86. The van der Waals surface area contributed by atoms with Crippen LogP contribution < -0.4 is 14.8 Å². The first kappa shape index (κ1) is 15.6. The van der Waals surface area contributed by atoms with Crippen LogP contribution in [-0.2, 0) is 6.54 Å². The van der Waals surface area contributed by atoms with Crippen molar-refractivity contribution >= 4 is 0 Å². The van der Waals surface area contributed by atoms with E-state index in [0.29, 0.717) is 13.2 Å². The minimum absolute atomic E-state index is 0.633. The van der Waals surface area contributed by atoms with E-state index in [2.05, 4.69) is 24.9 Å². The van der Waals surface area contributed by atoms with Gasteiger partial charge in [0.15, 0.2) is 11.5 Å². The van der Waals surface area contributed by atoms with Crippen LogP contribution in [0.15, 0.2) is 30.9 Å². The van der Waals surface area contributed by atoms with E-state index in [-0.39, 0.29) is 0 Å². The summed E-state index contributed by atoms with van der Waals surface area (Å²) in [6.07, 6.45) is 3.82. The van der Waals surface area contributed by atoms with Crippen LogP contribution >= 0.6 is 0 Å². The lowest BCUT2D eigenvalue weighted by molar-refractivity contribution is 0.277. The third-order valence-electron chi connectivity index (χ3n) is 2.67. The number of benzene rings is 1. The van der Waals surface area contributed by atoms with Crippen LogP contribution in [0.25, 0.3) is 0 Å². The summed E-state index contributed by atoms with van der Waals surface area (Å²) in [5, 5.41) is 3.40. The van der Waals surface area contributed by atoms with Crippen molar-refractivity contribution in [2.45, 2.75) is 33.2 Å². The first-order chi connectivity index (χ1) is 9.33. The number of ether oxygens (including phenoxy) is 2. The van der Waals surface area contributed by atoms with Gasteiger partial charge in [0, 0.05) is 12.1 Å². The van der Waals surface area contributed by atoms with Crippen molar-refractivity contribution in [1.82, 2.24) is 5.32 Å². The Balaban J connectivity index is 2.79. The highest BCUT2D eigenvalue weighted by molar-refractivity contribution is 5.46. The van der Waals surface area contributed by atoms with Crippen molar-refractivity contribution in [3.63, 3.8) is 0 Å². The number of para-hydroxylation sites is 1. The van der Waals surface area contributed by atoms with Gasteiger partial charge in [-0.2, -0.15) is 0 Å². The summed E-state index contributed by atoms with van der Waals surface area (Å²) in [5.74, 6) is 1.68. The summed E-state index contributed by atoms with van der Waals surface area (Å²) in [6, 6.07) is 6.04. The summed E-state index contributed by atoms with van der Waals surface area (Å²) in [7, 11) is 0. The normalized spacial score (nSPS) is 10.2. The maximum absolute atomic E-state index is 5.86. The van der Waals surface area contributed by atoms with Crippen molar-refractivity contribution in [1.29, 1.82) is 0 Å². The van der Waals surface area contributed by atoms with Gasteiger partial charge in [0.25, 0.3) is 0 Å². The molecule has 1 N–H and O–H groups in total. The lowest BCUT2D eigenvalue weighted by Crippen LogP contribution is -2.15. The van der Waals surface area contributed by atoms with Crippen LogP contribution in [0.1, 0.15) is 32.3 Å². The summed E-state index contributed by atoms with van der Waals surface area (Å²) in [6.45, 7) is 10.9. The van der Waals surface area contributed by atoms with E-state index in [4.69, 9.17) is 9.47 Å². The molecule has 0 aliphatic rings. The molecule has 0 radical (unpaired) electrons. The predicted molar refractivity (Wildman–Crippen MR) is 79.9 cm³/mol. The predicted octanol–water partition coefficient (Wildman–Crippen LogP) is 3.54. The lowest BCUT2D eigenvalue weighted by atomic mass is 10.2. The molecular weight excluding hydrogens is 238 g/mol. The Morgan fingerprint density at radius 3 is 2.79 bits per heavy atom. The smallest absolute Gasteiger partial charge is 0.165 e. The molecule has 106 valence electrons. The molecule has 1 aromatic rings. The summed E-state index contributed by atoms with van der Waals surface area (Å²) in [5.41, 5.74) is 1.14. The minimum atomic E-state index is 0.633. The quantitative estimate of drug-likeness (QED) is 0.517. The number of rotatable bonds is 10. The topological polar surface area (TPSA) is 30.5 Å². The molecule has 1 aromatic carbocycles. The molecule has 19 heavy (non-hydrogen) atoms. The van der Waals surface area contributed by atoms with Crippen LogP contribution in [0.2, 0.25) is 0 Å². The molecule has 1 rings (SSSR count). The van der Waals surface area contributed by atoms with E-state index in [9.17, 15) is 0 Å². The highest BCUT2D eigenvalue weighted by Crippen LogP contribution is 2.31. The van der Waals surface area contributed by atoms with Gasteiger partial charge in [0.1, 0.15) is 0 Å². The molecule has 0 saturated carbocycles. The van der Waals surface area contributed by atoms with Gasteiger partial charge in [-0.15, -0.1) is 6.58 Å². The fourth-order valence-electron chi connectivity index (χ4n) is 1.78. The Morgan fingerprint density at radius 2 is 2.11 bits per heavy atom. The van der Waals surface area contributed by atoms with Crippen molar-refractivity contribution in [2.24, 2.45) is 0 Å². The molecule has 0 aliphatic carbocycles. The fraction of sp³-hybridized carbons (Fsp3) is 0.500. The van der Waals surface area contributed by atoms with Crippen LogP contribution in [0, 0.1) is 0 Å². The van der Waals surface area contributed by atoms with Gasteiger partial charge >= 0.3 is 0 Å². The highest BCUT2D eigenvalue weighted by atomic mass is 16.5. The fourth-order valence-corrected chi connectivity index (χ4v) is 1.78. The SMILES string of the molecule is C=CCCOc1c(CNCCC)cccc1OCC. The molecule has 3 nitrogen and oxygen atoms in total. The summed E-state index contributed by atoms with van der Waals surface area (Å²) >= 11 is 0. The number of nitrogens with one attached hydrogen (secondary N) is 1. The Bertz CT molecular complexity index is 377. The van der Waals surface area contributed by atoms with Gasteiger partial charge < -0.3 is 14.8 Å². The molecular formula is C16H25NO2. The lowest BCUT2D eigenvalue weighted by Gasteiger charge is -2.16. The second-order valence-electron chi connectivity index (χ2n) is 4.28. The first-order valence-electron chi connectivity index (χ1n) is 7.02. The second kappa shape index (κ2) is 9.45. The Kier molecular flexibility index (Phi) is 7.75. The van der Waals surface area contributed by atoms with Crippen molar-refractivity contribution < 1.29 is 9.47 Å². The van der Waals surface area contributed by atoms with Gasteiger partial charge in [-0.3, -0.25) is 0 Å². The van der Waals surface area contributed by atoms with Crippen molar-refractivity contribution in [3.05, 3.63) is 36.4 Å². The molecule has 0 aromatic heterocycles. The van der Waals surface area contributed by atoms with E-state index in [1.165, 1.54) is 0 Å². The highest BCUT2D eigenvalue weighted by Gasteiger charge is 2.10. The minimum Gasteiger partial charge on any atom is -0.490 e. The van der Waals surface area contributed by atoms with Gasteiger partial charge in [-0.25, -0.2) is 0 Å². The molecule has 0 heterocycles. The Morgan fingerprint density at radius 1 is 1.26 bits per heavy atom. The Hall–Kier alpha value is -1.48. The van der Waals surface area contributed by atoms with Gasteiger partial charge in [-0.1, -0.05) is 25.1 Å². The molecule has 0 bridgehead atoms. The summed E-state index contributed by atoms with van der Waals surface area (Å²) in [4.78, 5) is 0. The standard InChI is InChI=1S/C16H25NO2/c1-4-7-12-19-16-14(13-17-11-5-2)9-8-10-15(16)18-6-3/h4,8-10,17H,1,5-7,11-13H2,2-3H3. The third-order valence-corrected chi connectivity index (χ3v) is 2.67. The van der Waals surface area contributed by atoms with Crippen LogP contribution in [0.3, 0.4) is 0 Å². The third kappa shape index (κ3) is 5.35. The second-order valence-corrected chi connectivity index (χ2v) is 4.28. The summed E-state index contributed by atoms with van der Waals surface area (Å²) < 4.78 is 11.5. The molecule has 0 amide bonds. The average Bonchev–Trinajstić information content (AvgIpc) is 2.42. The van der Waals surface area contributed by atoms with Crippen LogP contribution in [-0.4, -0.2) is 19.8 Å². The van der Waals surface area contributed by atoms with E-state index in [0.717, 1.165) is 43.0 Å². The van der Waals surface area contributed by atoms with E-state index < -0.39 is 0 Å². The van der Waals surface area contributed by atoms with E-state index >= 15 is 0 Å². The monoisotopic (exact) mass is 263 g/mol. The van der Waals surface area contributed by atoms with Crippen molar-refractivity contribution in [2.75, 3.05) is 19.8 Å². The molecule has 0 saturated heterocycles. The van der Waals surface area contributed by atoms with Gasteiger partial charge in [-0.05, 0) is 32.4 Å². The molecule has 3 heteroatoms. The zero-order valence-corrected chi connectivity index (χ0v) is 12.1. The van der Waals surface area contributed by atoms with E-state index in [1.54, 1.807) is 0 Å².